The van der Waals surface area contributed by atoms with Crippen LogP contribution in [0, 0.1) is 0 Å². The maximum absolute atomic E-state index is 13.0. The molecule has 0 saturated carbocycles. The van der Waals surface area contributed by atoms with Crippen molar-refractivity contribution in [1.29, 1.82) is 0 Å². The Morgan fingerprint density at radius 3 is 2.63 bits per heavy atom. The Bertz CT molecular complexity index is 1390. The van der Waals surface area contributed by atoms with Gasteiger partial charge in [0.15, 0.2) is 5.16 Å². The summed E-state index contributed by atoms with van der Waals surface area (Å²) in [5, 5.41) is 14.7. The second-order valence-electron chi connectivity index (χ2n) is 7.75. The van der Waals surface area contributed by atoms with Crippen LogP contribution in [0.1, 0.15) is 18.4 Å². The van der Waals surface area contributed by atoms with E-state index in [0.717, 1.165) is 5.56 Å². The maximum Gasteiger partial charge on any atom is 0.321 e. The molecule has 0 aliphatic rings. The number of nitrogens with one attached hydrogen (secondary N) is 2. The highest BCUT2D eigenvalue weighted by molar-refractivity contribution is 7.99. The van der Waals surface area contributed by atoms with Crippen LogP contribution in [0.3, 0.4) is 0 Å². The van der Waals surface area contributed by atoms with Crippen molar-refractivity contribution >= 4 is 40.4 Å². The minimum absolute atomic E-state index is 0.115. The van der Waals surface area contributed by atoms with Crippen LogP contribution in [0.15, 0.2) is 64.5 Å². The molecule has 3 amide bonds. The molecule has 0 spiro atoms. The normalized spacial score (nSPS) is 11.1. The molecule has 2 N–H and O–H groups in total. The van der Waals surface area contributed by atoms with Crippen LogP contribution in [-0.2, 0) is 22.6 Å². The summed E-state index contributed by atoms with van der Waals surface area (Å²) < 4.78 is 8.55. The molecule has 0 bridgehead atoms. The highest BCUT2D eigenvalue weighted by Gasteiger charge is 2.17. The Morgan fingerprint density at radius 1 is 1.06 bits per heavy atom. The molecular formula is C24H26N6O4S. The van der Waals surface area contributed by atoms with Gasteiger partial charge in [-0.1, -0.05) is 54.2 Å². The summed E-state index contributed by atoms with van der Waals surface area (Å²) in [5.74, 6) is 0.436. The Kier molecular flexibility index (Phi) is 8.11. The van der Waals surface area contributed by atoms with Crippen LogP contribution in [0.2, 0.25) is 0 Å². The molecule has 0 unspecified atom stereocenters. The summed E-state index contributed by atoms with van der Waals surface area (Å²) >= 11 is 1.34. The van der Waals surface area contributed by atoms with Crippen molar-refractivity contribution in [3.05, 3.63) is 70.5 Å². The number of amides is 3. The topological polar surface area (TPSA) is 120 Å². The van der Waals surface area contributed by atoms with Crippen molar-refractivity contribution in [2.45, 2.75) is 31.1 Å². The first kappa shape index (κ1) is 24.4. The molecular weight excluding hydrogens is 468 g/mol. The number of urea groups is 1. The van der Waals surface area contributed by atoms with Gasteiger partial charge in [0.1, 0.15) is 0 Å². The van der Waals surface area contributed by atoms with E-state index in [0.29, 0.717) is 53.7 Å². The second kappa shape index (κ2) is 11.6. The van der Waals surface area contributed by atoms with Gasteiger partial charge in [-0.3, -0.25) is 23.9 Å². The Morgan fingerprint density at radius 2 is 1.83 bits per heavy atom. The number of aryl methyl sites for hydroxylation is 1. The zero-order valence-corrected chi connectivity index (χ0v) is 20.1. The van der Waals surface area contributed by atoms with E-state index >= 15 is 0 Å². The molecule has 2 heterocycles. The zero-order valence-electron chi connectivity index (χ0n) is 19.3. The number of benzene rings is 2. The standard InChI is InChI=1S/C24H26N6O4S/c1-34-14-7-13-29-21(32)18-10-5-6-11-19(18)30-23(29)27-28-24(30)35-15-12-20(31)26-22(33)25-16-17-8-3-2-4-9-17/h2-6,8-11H,7,12-16H2,1H3,(H2,25,26,31,33). The number of methoxy groups -OCH3 is 1. The largest absolute Gasteiger partial charge is 0.385 e. The van der Waals surface area contributed by atoms with Crippen LogP contribution in [0.4, 0.5) is 4.79 Å². The zero-order chi connectivity index (χ0) is 24.6. The van der Waals surface area contributed by atoms with Gasteiger partial charge in [0, 0.05) is 39.0 Å². The Labute approximate surface area is 205 Å². The lowest BCUT2D eigenvalue weighted by Gasteiger charge is -2.11. The van der Waals surface area contributed by atoms with E-state index in [1.807, 2.05) is 52.9 Å². The van der Waals surface area contributed by atoms with E-state index in [1.54, 1.807) is 17.7 Å². The third-order valence-electron chi connectivity index (χ3n) is 5.32. The lowest BCUT2D eigenvalue weighted by molar-refractivity contribution is -0.119. The first-order valence-corrected chi connectivity index (χ1v) is 12.2. The minimum atomic E-state index is -0.539. The minimum Gasteiger partial charge on any atom is -0.385 e. The fourth-order valence-corrected chi connectivity index (χ4v) is 4.52. The van der Waals surface area contributed by atoms with Crippen molar-refractivity contribution < 1.29 is 14.3 Å². The van der Waals surface area contributed by atoms with Crippen LogP contribution in [-0.4, -0.2) is 50.6 Å². The van der Waals surface area contributed by atoms with Crippen molar-refractivity contribution in [2.75, 3.05) is 19.5 Å². The summed E-state index contributed by atoms with van der Waals surface area (Å²) in [7, 11) is 1.62. The highest BCUT2D eigenvalue weighted by Crippen LogP contribution is 2.22. The lowest BCUT2D eigenvalue weighted by Crippen LogP contribution is -2.39. The van der Waals surface area contributed by atoms with E-state index in [1.165, 1.54) is 11.8 Å². The number of imide groups is 1. The molecule has 2 aromatic carbocycles. The van der Waals surface area contributed by atoms with Gasteiger partial charge in [-0.15, -0.1) is 10.2 Å². The van der Waals surface area contributed by atoms with Crippen molar-refractivity contribution in [3.8, 4) is 0 Å². The third-order valence-corrected chi connectivity index (χ3v) is 6.25. The molecule has 0 atom stereocenters. The number of ether oxygens (including phenoxy) is 1. The third kappa shape index (κ3) is 5.87. The van der Waals surface area contributed by atoms with Gasteiger partial charge in [-0.25, -0.2) is 4.79 Å². The number of aromatic nitrogens is 4. The van der Waals surface area contributed by atoms with Crippen molar-refractivity contribution in [3.63, 3.8) is 0 Å². The van der Waals surface area contributed by atoms with Gasteiger partial charge < -0.3 is 10.1 Å². The summed E-state index contributed by atoms with van der Waals surface area (Å²) in [4.78, 5) is 37.3. The number of thioether (sulfide) groups is 1. The monoisotopic (exact) mass is 494 g/mol. The van der Waals surface area contributed by atoms with Gasteiger partial charge in [0.25, 0.3) is 5.56 Å². The predicted octanol–water partition coefficient (Wildman–Crippen LogP) is 2.59. The molecule has 4 aromatic rings. The Hall–Kier alpha value is -3.70. The second-order valence-corrected chi connectivity index (χ2v) is 8.82. The number of para-hydroxylation sites is 1. The quantitative estimate of drug-likeness (QED) is 0.257. The first-order valence-electron chi connectivity index (χ1n) is 11.2. The van der Waals surface area contributed by atoms with Crippen LogP contribution in [0.5, 0.6) is 0 Å². The molecule has 0 radical (unpaired) electrons. The molecule has 35 heavy (non-hydrogen) atoms. The molecule has 182 valence electrons. The highest BCUT2D eigenvalue weighted by atomic mass is 32.2. The van der Waals surface area contributed by atoms with Crippen LogP contribution >= 0.6 is 11.8 Å². The summed E-state index contributed by atoms with van der Waals surface area (Å²) in [6.45, 7) is 1.30. The van der Waals surface area contributed by atoms with Crippen molar-refractivity contribution in [1.82, 2.24) is 29.8 Å². The fourth-order valence-electron chi connectivity index (χ4n) is 3.64. The fraction of sp³-hybridized carbons (Fsp3) is 0.292. The van der Waals surface area contributed by atoms with Crippen LogP contribution < -0.4 is 16.2 Å². The molecule has 0 fully saturated rings. The molecule has 10 nitrogen and oxygen atoms in total. The van der Waals surface area contributed by atoms with Crippen LogP contribution in [0.25, 0.3) is 16.7 Å². The molecule has 4 rings (SSSR count). The average molecular weight is 495 g/mol. The maximum atomic E-state index is 13.0. The summed E-state index contributed by atoms with van der Waals surface area (Å²) in [6, 6.07) is 16.2. The molecule has 11 heteroatoms. The first-order chi connectivity index (χ1) is 17.1. The SMILES string of the molecule is COCCCn1c(=O)c2ccccc2n2c(SCCC(=O)NC(=O)NCc3ccccc3)nnc12. The number of rotatable bonds is 10. The number of nitrogens with zero attached hydrogens (tertiary/aromatic N) is 4. The predicted molar refractivity (Wildman–Crippen MR) is 133 cm³/mol. The number of fused-ring (bicyclic) bond motifs is 3. The van der Waals surface area contributed by atoms with E-state index in [4.69, 9.17) is 4.74 Å². The van der Waals surface area contributed by atoms with Gasteiger partial charge in [-0.05, 0) is 24.1 Å². The van der Waals surface area contributed by atoms with E-state index in [9.17, 15) is 14.4 Å². The molecule has 0 aliphatic heterocycles. The molecule has 2 aromatic heterocycles. The van der Waals surface area contributed by atoms with E-state index in [-0.39, 0.29) is 12.0 Å². The summed E-state index contributed by atoms with van der Waals surface area (Å²) in [5.41, 5.74) is 1.51. The molecule has 0 saturated heterocycles. The lowest BCUT2D eigenvalue weighted by atomic mass is 10.2. The van der Waals surface area contributed by atoms with Gasteiger partial charge in [-0.2, -0.15) is 0 Å². The average Bonchev–Trinajstić information content (AvgIpc) is 3.29. The summed E-state index contributed by atoms with van der Waals surface area (Å²) in [6.07, 6.45) is 0.774. The number of hydrogen-bond acceptors (Lipinski definition) is 7. The van der Waals surface area contributed by atoms with Gasteiger partial charge >= 0.3 is 6.03 Å². The van der Waals surface area contributed by atoms with E-state index < -0.39 is 11.9 Å². The number of hydrogen-bond donors (Lipinski definition) is 2. The van der Waals surface area contributed by atoms with Gasteiger partial charge in [0.05, 0.1) is 10.9 Å². The van der Waals surface area contributed by atoms with Gasteiger partial charge in [0.2, 0.25) is 11.7 Å². The number of carbonyl (C=O) groups is 2. The number of carbonyl (C=O) groups excluding carboxylic acids is 2. The smallest absolute Gasteiger partial charge is 0.321 e. The Balaban J connectivity index is 1.41. The van der Waals surface area contributed by atoms with E-state index in [2.05, 4.69) is 20.8 Å². The molecule has 0 aliphatic carbocycles. The van der Waals surface area contributed by atoms with Crippen molar-refractivity contribution in [2.24, 2.45) is 0 Å².